The largest absolute Gasteiger partial charge is 0.344 e. The second-order valence-electron chi connectivity index (χ2n) is 4.05. The first-order valence-corrected chi connectivity index (χ1v) is 5.70. The van der Waals surface area contributed by atoms with Gasteiger partial charge in [0.05, 0.1) is 5.54 Å². The van der Waals surface area contributed by atoms with Crippen LogP contribution in [0.25, 0.3) is 0 Å². The fraction of sp³-hybridized carbons (Fsp3) is 0.909. The number of nitrogens with two attached hydrogens (primary N) is 1. The van der Waals surface area contributed by atoms with Gasteiger partial charge in [0, 0.05) is 13.6 Å². The minimum Gasteiger partial charge on any atom is -0.344 e. The summed E-state index contributed by atoms with van der Waals surface area (Å²) in [5, 5.41) is 3.06. The highest BCUT2D eigenvalue weighted by atomic mass is 16.2. The van der Waals surface area contributed by atoms with E-state index in [0.29, 0.717) is 12.8 Å². The van der Waals surface area contributed by atoms with Crippen molar-refractivity contribution in [3.63, 3.8) is 0 Å². The van der Waals surface area contributed by atoms with E-state index in [1.54, 1.807) is 4.90 Å². The standard InChI is InChI=1S/C11H25N3O/c1-5-11(12,6-2)10(15)14(4)9-7-8-13-3/h13H,5-9,12H2,1-4H3. The van der Waals surface area contributed by atoms with Crippen LogP contribution in [0.4, 0.5) is 0 Å². The number of nitrogens with one attached hydrogen (secondary N) is 1. The third-order valence-corrected chi connectivity index (χ3v) is 2.95. The number of hydrogen-bond donors (Lipinski definition) is 2. The van der Waals surface area contributed by atoms with Gasteiger partial charge in [-0.1, -0.05) is 13.8 Å². The monoisotopic (exact) mass is 215 g/mol. The summed E-state index contributed by atoms with van der Waals surface area (Å²) in [4.78, 5) is 13.7. The van der Waals surface area contributed by atoms with Gasteiger partial charge >= 0.3 is 0 Å². The molecule has 0 aliphatic rings. The quantitative estimate of drug-likeness (QED) is 0.611. The molecule has 0 bridgehead atoms. The van der Waals surface area contributed by atoms with Crippen molar-refractivity contribution in [1.29, 1.82) is 0 Å². The first kappa shape index (κ1) is 14.4. The Balaban J connectivity index is 4.17. The average Bonchev–Trinajstić information content (AvgIpc) is 2.27. The zero-order valence-electron chi connectivity index (χ0n) is 10.5. The molecule has 3 N–H and O–H groups in total. The zero-order chi connectivity index (χ0) is 11.9. The van der Waals surface area contributed by atoms with E-state index in [0.717, 1.165) is 19.5 Å². The second-order valence-corrected chi connectivity index (χ2v) is 4.05. The van der Waals surface area contributed by atoms with Crippen molar-refractivity contribution < 1.29 is 4.79 Å². The minimum absolute atomic E-state index is 0.0589. The van der Waals surface area contributed by atoms with Crippen LogP contribution in [0.3, 0.4) is 0 Å². The Morgan fingerprint density at radius 3 is 2.33 bits per heavy atom. The Morgan fingerprint density at radius 1 is 1.40 bits per heavy atom. The number of hydrogen-bond acceptors (Lipinski definition) is 3. The third-order valence-electron chi connectivity index (χ3n) is 2.95. The summed E-state index contributed by atoms with van der Waals surface area (Å²) in [5.74, 6) is 0.0589. The number of rotatable bonds is 7. The molecule has 0 aliphatic heterocycles. The van der Waals surface area contributed by atoms with Crippen molar-refractivity contribution in [2.75, 3.05) is 27.2 Å². The molecule has 15 heavy (non-hydrogen) atoms. The van der Waals surface area contributed by atoms with E-state index in [9.17, 15) is 4.79 Å². The minimum atomic E-state index is -0.672. The highest BCUT2D eigenvalue weighted by Gasteiger charge is 2.32. The van der Waals surface area contributed by atoms with Crippen LogP contribution in [0.5, 0.6) is 0 Å². The van der Waals surface area contributed by atoms with E-state index in [-0.39, 0.29) is 5.91 Å². The lowest BCUT2D eigenvalue weighted by molar-refractivity contribution is -0.136. The number of nitrogens with zero attached hydrogens (tertiary/aromatic N) is 1. The fourth-order valence-electron chi connectivity index (χ4n) is 1.53. The Bertz CT molecular complexity index is 190. The zero-order valence-corrected chi connectivity index (χ0v) is 10.5. The first-order valence-electron chi connectivity index (χ1n) is 5.70. The van der Waals surface area contributed by atoms with Crippen molar-refractivity contribution in [2.24, 2.45) is 5.73 Å². The van der Waals surface area contributed by atoms with E-state index in [1.807, 2.05) is 27.9 Å². The van der Waals surface area contributed by atoms with Crippen molar-refractivity contribution >= 4 is 5.91 Å². The van der Waals surface area contributed by atoms with Gasteiger partial charge < -0.3 is 16.0 Å². The molecule has 0 aromatic heterocycles. The molecule has 4 heteroatoms. The lowest BCUT2D eigenvalue weighted by Gasteiger charge is -2.30. The maximum absolute atomic E-state index is 12.0. The van der Waals surface area contributed by atoms with Crippen LogP contribution in [-0.4, -0.2) is 43.5 Å². The summed E-state index contributed by atoms with van der Waals surface area (Å²) in [7, 11) is 3.73. The third kappa shape index (κ3) is 4.18. The average molecular weight is 215 g/mol. The maximum Gasteiger partial charge on any atom is 0.242 e. The molecule has 0 rings (SSSR count). The van der Waals surface area contributed by atoms with E-state index < -0.39 is 5.54 Å². The number of carbonyl (C=O) groups is 1. The normalized spacial score (nSPS) is 11.5. The van der Waals surface area contributed by atoms with Crippen LogP contribution in [0.15, 0.2) is 0 Å². The van der Waals surface area contributed by atoms with Gasteiger partial charge in [0.2, 0.25) is 5.91 Å². The maximum atomic E-state index is 12.0. The molecule has 0 atom stereocenters. The smallest absolute Gasteiger partial charge is 0.242 e. The van der Waals surface area contributed by atoms with Crippen molar-refractivity contribution in [3.8, 4) is 0 Å². The van der Waals surface area contributed by atoms with Crippen LogP contribution < -0.4 is 11.1 Å². The van der Waals surface area contributed by atoms with E-state index in [4.69, 9.17) is 5.73 Å². The summed E-state index contributed by atoms with van der Waals surface area (Å²) < 4.78 is 0. The van der Waals surface area contributed by atoms with Gasteiger partial charge in [-0.05, 0) is 32.9 Å². The van der Waals surface area contributed by atoms with Crippen LogP contribution in [-0.2, 0) is 4.79 Å². The molecule has 0 heterocycles. The Hall–Kier alpha value is -0.610. The summed E-state index contributed by atoms with van der Waals surface area (Å²) in [5.41, 5.74) is 5.37. The molecule has 0 unspecified atom stereocenters. The van der Waals surface area contributed by atoms with E-state index in [2.05, 4.69) is 5.32 Å². The van der Waals surface area contributed by atoms with Gasteiger partial charge in [0.25, 0.3) is 0 Å². The molecule has 1 amide bonds. The molecule has 0 fully saturated rings. The number of amides is 1. The molecule has 0 saturated carbocycles. The summed E-state index contributed by atoms with van der Waals surface area (Å²) >= 11 is 0. The predicted molar refractivity (Wildman–Crippen MR) is 63.7 cm³/mol. The van der Waals surface area contributed by atoms with E-state index >= 15 is 0 Å². The predicted octanol–water partition coefficient (Wildman–Crippen LogP) is 0.572. The van der Waals surface area contributed by atoms with Crippen LogP contribution in [0, 0.1) is 0 Å². The molecule has 0 radical (unpaired) electrons. The highest BCUT2D eigenvalue weighted by molar-refractivity contribution is 5.85. The summed E-state index contributed by atoms with van der Waals surface area (Å²) in [6.07, 6.45) is 2.35. The van der Waals surface area contributed by atoms with Crippen LogP contribution in [0.2, 0.25) is 0 Å². The summed E-state index contributed by atoms with van der Waals surface area (Å²) in [6, 6.07) is 0. The molecule has 0 spiro atoms. The Morgan fingerprint density at radius 2 is 1.93 bits per heavy atom. The van der Waals surface area contributed by atoms with Crippen molar-refractivity contribution in [2.45, 2.75) is 38.6 Å². The van der Waals surface area contributed by atoms with Crippen molar-refractivity contribution in [1.82, 2.24) is 10.2 Å². The van der Waals surface area contributed by atoms with Crippen LogP contribution in [0.1, 0.15) is 33.1 Å². The molecule has 0 saturated heterocycles. The second kappa shape index (κ2) is 6.80. The molecule has 0 aromatic rings. The van der Waals surface area contributed by atoms with Gasteiger partial charge in [-0.3, -0.25) is 4.79 Å². The van der Waals surface area contributed by atoms with Crippen LogP contribution >= 0.6 is 0 Å². The van der Waals surface area contributed by atoms with Crippen molar-refractivity contribution in [3.05, 3.63) is 0 Å². The van der Waals surface area contributed by atoms with Gasteiger partial charge in [-0.25, -0.2) is 0 Å². The SMILES string of the molecule is CCC(N)(CC)C(=O)N(C)CCCNC. The highest BCUT2D eigenvalue weighted by Crippen LogP contribution is 2.14. The first-order chi connectivity index (χ1) is 7.01. The number of likely N-dealkylation sites (N-methyl/N-ethyl adjacent to an activating group) is 1. The summed E-state index contributed by atoms with van der Waals surface area (Å²) in [6.45, 7) is 5.61. The molecular formula is C11H25N3O. The molecule has 0 aliphatic carbocycles. The Kier molecular flexibility index (Phi) is 6.52. The van der Waals surface area contributed by atoms with Gasteiger partial charge in [-0.15, -0.1) is 0 Å². The molecule has 0 aromatic carbocycles. The fourth-order valence-corrected chi connectivity index (χ4v) is 1.53. The van der Waals surface area contributed by atoms with Gasteiger partial charge in [0.1, 0.15) is 0 Å². The topological polar surface area (TPSA) is 58.4 Å². The Labute approximate surface area is 93.2 Å². The number of carbonyl (C=O) groups excluding carboxylic acids is 1. The van der Waals surface area contributed by atoms with Gasteiger partial charge in [-0.2, -0.15) is 0 Å². The molecule has 90 valence electrons. The lowest BCUT2D eigenvalue weighted by Crippen LogP contribution is -2.53. The lowest BCUT2D eigenvalue weighted by atomic mass is 9.92. The molecule has 4 nitrogen and oxygen atoms in total. The van der Waals surface area contributed by atoms with E-state index in [1.165, 1.54) is 0 Å². The molecular weight excluding hydrogens is 190 g/mol. The van der Waals surface area contributed by atoms with Gasteiger partial charge in [0.15, 0.2) is 0 Å².